The number of aliphatic hydroxyl groups excluding tert-OH is 1. The first-order chi connectivity index (χ1) is 7.95. The smallest absolute Gasteiger partial charge is 0.232 e. The van der Waals surface area contributed by atoms with Crippen molar-refractivity contribution in [2.75, 3.05) is 13.2 Å². The molecule has 0 radical (unpaired) electrons. The average molecular weight is 260 g/mol. The summed E-state index contributed by atoms with van der Waals surface area (Å²) >= 11 is 4.96. The SMILES string of the molecule is CCCC(C(=O)N(CCCO)C(C)C)C(N)=S. The van der Waals surface area contributed by atoms with E-state index in [0.29, 0.717) is 19.4 Å². The van der Waals surface area contributed by atoms with Gasteiger partial charge in [-0.3, -0.25) is 4.79 Å². The molecule has 1 unspecified atom stereocenters. The fourth-order valence-electron chi connectivity index (χ4n) is 1.74. The van der Waals surface area contributed by atoms with Gasteiger partial charge in [0.2, 0.25) is 5.91 Å². The van der Waals surface area contributed by atoms with Gasteiger partial charge in [0.05, 0.1) is 10.9 Å². The Kier molecular flexibility index (Phi) is 8.08. The number of rotatable bonds is 8. The zero-order valence-corrected chi connectivity index (χ0v) is 11.8. The third-order valence-corrected chi connectivity index (χ3v) is 2.97. The van der Waals surface area contributed by atoms with Crippen LogP contribution in [-0.4, -0.2) is 40.1 Å². The molecule has 4 nitrogen and oxygen atoms in total. The molecule has 0 aromatic carbocycles. The summed E-state index contributed by atoms with van der Waals surface area (Å²) in [5.41, 5.74) is 5.62. The van der Waals surface area contributed by atoms with E-state index in [-0.39, 0.29) is 29.5 Å². The highest BCUT2D eigenvalue weighted by molar-refractivity contribution is 7.80. The topological polar surface area (TPSA) is 66.6 Å². The van der Waals surface area contributed by atoms with Gasteiger partial charge in [-0.25, -0.2) is 0 Å². The molecule has 0 saturated carbocycles. The summed E-state index contributed by atoms with van der Waals surface area (Å²) in [4.78, 5) is 14.3. The van der Waals surface area contributed by atoms with Crippen LogP contribution in [0.4, 0.5) is 0 Å². The summed E-state index contributed by atoms with van der Waals surface area (Å²) in [5, 5.41) is 8.84. The Labute approximate surface area is 109 Å². The summed E-state index contributed by atoms with van der Waals surface area (Å²) < 4.78 is 0. The van der Waals surface area contributed by atoms with Crippen LogP contribution in [0.5, 0.6) is 0 Å². The minimum atomic E-state index is -0.365. The molecular weight excluding hydrogens is 236 g/mol. The van der Waals surface area contributed by atoms with Crippen molar-refractivity contribution in [3.05, 3.63) is 0 Å². The van der Waals surface area contributed by atoms with Crippen LogP contribution in [0, 0.1) is 5.92 Å². The van der Waals surface area contributed by atoms with Crippen molar-refractivity contribution < 1.29 is 9.90 Å². The Morgan fingerprint density at radius 3 is 2.41 bits per heavy atom. The zero-order chi connectivity index (χ0) is 13.4. The van der Waals surface area contributed by atoms with Crippen LogP contribution in [0.25, 0.3) is 0 Å². The monoisotopic (exact) mass is 260 g/mol. The molecule has 0 aliphatic heterocycles. The molecule has 5 heteroatoms. The molecule has 100 valence electrons. The molecule has 1 amide bonds. The summed E-state index contributed by atoms with van der Waals surface area (Å²) in [5.74, 6) is -0.376. The van der Waals surface area contributed by atoms with Crippen molar-refractivity contribution in [3.8, 4) is 0 Å². The van der Waals surface area contributed by atoms with E-state index in [4.69, 9.17) is 23.1 Å². The van der Waals surface area contributed by atoms with Crippen LogP contribution >= 0.6 is 12.2 Å². The molecular formula is C12H24N2O2S. The first kappa shape index (κ1) is 16.3. The molecule has 1 atom stereocenters. The van der Waals surface area contributed by atoms with Gasteiger partial charge < -0.3 is 15.7 Å². The fraction of sp³-hybridized carbons (Fsp3) is 0.833. The van der Waals surface area contributed by atoms with E-state index in [2.05, 4.69) is 0 Å². The highest BCUT2D eigenvalue weighted by Gasteiger charge is 2.27. The van der Waals surface area contributed by atoms with Crippen molar-refractivity contribution in [3.63, 3.8) is 0 Å². The van der Waals surface area contributed by atoms with Crippen molar-refractivity contribution >= 4 is 23.1 Å². The number of carbonyl (C=O) groups excluding carboxylic acids is 1. The zero-order valence-electron chi connectivity index (χ0n) is 11.0. The van der Waals surface area contributed by atoms with Crippen LogP contribution in [-0.2, 0) is 4.79 Å². The van der Waals surface area contributed by atoms with Gasteiger partial charge in [0.25, 0.3) is 0 Å². The van der Waals surface area contributed by atoms with E-state index in [9.17, 15) is 4.79 Å². The number of carbonyl (C=O) groups is 1. The largest absolute Gasteiger partial charge is 0.396 e. The molecule has 0 aromatic heterocycles. The Morgan fingerprint density at radius 2 is 2.06 bits per heavy atom. The van der Waals surface area contributed by atoms with Gasteiger partial charge >= 0.3 is 0 Å². The van der Waals surface area contributed by atoms with Crippen LogP contribution in [0.15, 0.2) is 0 Å². The second kappa shape index (κ2) is 8.42. The van der Waals surface area contributed by atoms with Crippen LogP contribution in [0.1, 0.15) is 40.0 Å². The molecule has 0 heterocycles. The van der Waals surface area contributed by atoms with Gasteiger partial charge in [-0.2, -0.15) is 0 Å². The number of nitrogens with two attached hydrogens (primary N) is 1. The lowest BCUT2D eigenvalue weighted by atomic mass is 10.0. The van der Waals surface area contributed by atoms with Crippen molar-refractivity contribution in [2.45, 2.75) is 46.1 Å². The summed E-state index contributed by atoms with van der Waals surface area (Å²) in [7, 11) is 0. The molecule has 0 saturated heterocycles. The van der Waals surface area contributed by atoms with Crippen molar-refractivity contribution in [1.82, 2.24) is 4.90 Å². The normalized spacial score (nSPS) is 12.5. The van der Waals surface area contributed by atoms with Gasteiger partial charge in [0.1, 0.15) is 0 Å². The number of hydrogen-bond acceptors (Lipinski definition) is 3. The highest BCUT2D eigenvalue weighted by Crippen LogP contribution is 2.14. The third-order valence-electron chi connectivity index (χ3n) is 2.68. The van der Waals surface area contributed by atoms with Gasteiger partial charge in [-0.05, 0) is 26.7 Å². The number of hydrogen-bond donors (Lipinski definition) is 2. The number of aliphatic hydroxyl groups is 1. The van der Waals surface area contributed by atoms with E-state index in [1.807, 2.05) is 20.8 Å². The Morgan fingerprint density at radius 1 is 1.47 bits per heavy atom. The summed E-state index contributed by atoms with van der Waals surface area (Å²) in [6.07, 6.45) is 2.15. The molecule has 3 N–H and O–H groups in total. The minimum Gasteiger partial charge on any atom is -0.396 e. The van der Waals surface area contributed by atoms with Gasteiger partial charge in [-0.1, -0.05) is 25.6 Å². The lowest BCUT2D eigenvalue weighted by molar-refractivity contribution is -0.135. The van der Waals surface area contributed by atoms with E-state index < -0.39 is 0 Å². The van der Waals surface area contributed by atoms with Crippen molar-refractivity contribution in [2.24, 2.45) is 11.7 Å². The van der Waals surface area contributed by atoms with E-state index >= 15 is 0 Å². The minimum absolute atomic E-state index is 0.0113. The first-order valence-corrected chi connectivity index (χ1v) is 6.57. The molecule has 0 bridgehead atoms. The molecule has 0 fully saturated rings. The maximum Gasteiger partial charge on any atom is 0.232 e. The Balaban J connectivity index is 4.71. The molecule has 0 spiro atoms. The first-order valence-electron chi connectivity index (χ1n) is 6.16. The Hall–Kier alpha value is -0.680. The average Bonchev–Trinajstić information content (AvgIpc) is 2.25. The molecule has 0 aliphatic rings. The van der Waals surface area contributed by atoms with Crippen molar-refractivity contribution in [1.29, 1.82) is 0 Å². The van der Waals surface area contributed by atoms with Gasteiger partial charge in [-0.15, -0.1) is 0 Å². The van der Waals surface area contributed by atoms with Gasteiger partial charge in [0, 0.05) is 19.2 Å². The Bertz CT molecular complexity index is 257. The molecule has 17 heavy (non-hydrogen) atoms. The maximum atomic E-state index is 12.3. The van der Waals surface area contributed by atoms with Gasteiger partial charge in [0.15, 0.2) is 0 Å². The third kappa shape index (κ3) is 5.46. The predicted molar refractivity (Wildman–Crippen MR) is 73.7 cm³/mol. The quantitative estimate of drug-likeness (QED) is 0.646. The summed E-state index contributed by atoms with van der Waals surface area (Å²) in [6, 6.07) is 0.0998. The van der Waals surface area contributed by atoms with E-state index in [0.717, 1.165) is 6.42 Å². The molecule has 0 rings (SSSR count). The molecule has 0 aliphatic carbocycles. The fourth-order valence-corrected chi connectivity index (χ4v) is 1.96. The summed E-state index contributed by atoms with van der Waals surface area (Å²) in [6.45, 7) is 6.56. The highest BCUT2D eigenvalue weighted by atomic mass is 32.1. The van der Waals surface area contributed by atoms with Crippen LogP contribution in [0.2, 0.25) is 0 Å². The second-order valence-electron chi connectivity index (χ2n) is 4.45. The predicted octanol–water partition coefficient (Wildman–Crippen LogP) is 1.31. The van der Waals surface area contributed by atoms with Crippen LogP contribution in [0.3, 0.4) is 0 Å². The standard InChI is InChI=1S/C12H24N2O2S/c1-4-6-10(11(13)17)12(16)14(9(2)3)7-5-8-15/h9-10,15H,4-8H2,1-3H3,(H2,13,17). The van der Waals surface area contributed by atoms with E-state index in [1.54, 1.807) is 4.90 Å². The number of nitrogens with zero attached hydrogens (tertiary/aromatic N) is 1. The maximum absolute atomic E-state index is 12.3. The lowest BCUT2D eigenvalue weighted by Crippen LogP contribution is -2.45. The number of thiocarbonyl (C=S) groups is 1. The van der Waals surface area contributed by atoms with Crippen LogP contribution < -0.4 is 5.73 Å². The number of amides is 1. The lowest BCUT2D eigenvalue weighted by Gasteiger charge is -2.30. The molecule has 0 aromatic rings. The second-order valence-corrected chi connectivity index (χ2v) is 4.92. The van der Waals surface area contributed by atoms with E-state index in [1.165, 1.54) is 0 Å².